The molecule has 0 aliphatic heterocycles. The van der Waals surface area contributed by atoms with Crippen LogP contribution >= 0.6 is 11.3 Å². The third-order valence-electron chi connectivity index (χ3n) is 3.63. The van der Waals surface area contributed by atoms with Gasteiger partial charge in [0.1, 0.15) is 11.8 Å². The Hall–Kier alpha value is -3.31. The number of aromatic nitrogens is 1. The highest BCUT2D eigenvalue weighted by Gasteiger charge is 2.18. The molecule has 1 N–H and O–H groups in total. The normalized spacial score (nSPS) is 11.5. The van der Waals surface area contributed by atoms with Crippen LogP contribution in [0.5, 0.6) is 5.75 Å². The SMILES string of the molecule is C[C@H](Oc1ccccc1C#N)C(=O)Nc1nc(-c2ccc(F)c(F)c2)cs1. The minimum atomic E-state index is -0.968. The lowest BCUT2D eigenvalue weighted by atomic mass is 10.2. The van der Waals surface area contributed by atoms with Crippen molar-refractivity contribution < 1.29 is 18.3 Å². The van der Waals surface area contributed by atoms with Crippen LogP contribution in [-0.4, -0.2) is 17.0 Å². The third kappa shape index (κ3) is 4.27. The number of nitrogens with one attached hydrogen (secondary N) is 1. The lowest BCUT2D eigenvalue weighted by Crippen LogP contribution is -2.30. The maximum Gasteiger partial charge on any atom is 0.266 e. The average Bonchev–Trinajstić information content (AvgIpc) is 3.12. The molecule has 0 aliphatic rings. The Morgan fingerprint density at radius 1 is 1.26 bits per heavy atom. The zero-order chi connectivity index (χ0) is 19.4. The zero-order valence-electron chi connectivity index (χ0n) is 14.1. The molecule has 1 amide bonds. The molecule has 8 heteroatoms. The van der Waals surface area contributed by atoms with E-state index in [0.717, 1.165) is 23.5 Å². The number of thiazole rings is 1. The number of halogens is 2. The second kappa shape index (κ2) is 7.93. The standard InChI is InChI=1S/C19H13F2N3O2S/c1-11(26-17-5-3-2-4-13(17)9-22)18(25)24-19-23-16(10-27-19)12-6-7-14(20)15(21)8-12/h2-8,10-11H,1H3,(H,23,24,25)/t11-/m0/s1. The fraction of sp³-hybridized carbons (Fsp3) is 0.105. The third-order valence-corrected chi connectivity index (χ3v) is 4.39. The van der Waals surface area contributed by atoms with Crippen LogP contribution < -0.4 is 10.1 Å². The highest BCUT2D eigenvalue weighted by atomic mass is 32.1. The molecule has 27 heavy (non-hydrogen) atoms. The van der Waals surface area contributed by atoms with Gasteiger partial charge in [-0.15, -0.1) is 11.3 Å². The molecular formula is C19H13F2N3O2S. The summed E-state index contributed by atoms with van der Waals surface area (Å²) in [6.45, 7) is 1.55. The van der Waals surface area contributed by atoms with Gasteiger partial charge < -0.3 is 4.74 Å². The van der Waals surface area contributed by atoms with Crippen molar-refractivity contribution in [2.45, 2.75) is 13.0 Å². The van der Waals surface area contributed by atoms with Crippen molar-refractivity contribution in [3.63, 3.8) is 0 Å². The summed E-state index contributed by atoms with van der Waals surface area (Å²) in [5.74, 6) is -2.05. The first kappa shape index (κ1) is 18.5. The van der Waals surface area contributed by atoms with E-state index in [0.29, 0.717) is 27.7 Å². The van der Waals surface area contributed by atoms with Crippen LogP contribution in [0.25, 0.3) is 11.3 Å². The predicted octanol–water partition coefficient (Wildman–Crippen LogP) is 4.37. The molecule has 1 aromatic heterocycles. The van der Waals surface area contributed by atoms with Gasteiger partial charge in [-0.2, -0.15) is 5.26 Å². The number of ether oxygens (including phenoxy) is 1. The van der Waals surface area contributed by atoms with Gasteiger partial charge in [0, 0.05) is 10.9 Å². The van der Waals surface area contributed by atoms with Gasteiger partial charge in [0.2, 0.25) is 0 Å². The Balaban J connectivity index is 1.68. The smallest absolute Gasteiger partial charge is 0.266 e. The van der Waals surface area contributed by atoms with Crippen LogP contribution in [0.1, 0.15) is 12.5 Å². The van der Waals surface area contributed by atoms with E-state index < -0.39 is 23.6 Å². The van der Waals surface area contributed by atoms with E-state index >= 15 is 0 Å². The first-order valence-corrected chi connectivity index (χ1v) is 8.73. The molecule has 0 aliphatic carbocycles. The number of hydrogen-bond acceptors (Lipinski definition) is 5. The highest BCUT2D eigenvalue weighted by Crippen LogP contribution is 2.26. The molecule has 0 unspecified atom stereocenters. The summed E-state index contributed by atoms with van der Waals surface area (Å²) in [5.41, 5.74) is 1.14. The molecule has 3 aromatic rings. The highest BCUT2D eigenvalue weighted by molar-refractivity contribution is 7.14. The van der Waals surface area contributed by atoms with Gasteiger partial charge in [-0.05, 0) is 37.3 Å². The summed E-state index contributed by atoms with van der Waals surface area (Å²) in [6, 6.07) is 12.1. The van der Waals surface area contributed by atoms with E-state index in [-0.39, 0.29) is 0 Å². The molecule has 0 radical (unpaired) electrons. The summed E-state index contributed by atoms with van der Waals surface area (Å²) in [4.78, 5) is 16.5. The largest absolute Gasteiger partial charge is 0.480 e. The van der Waals surface area contributed by atoms with Gasteiger partial charge in [-0.3, -0.25) is 10.1 Å². The van der Waals surface area contributed by atoms with Gasteiger partial charge in [-0.25, -0.2) is 13.8 Å². The number of carbonyl (C=O) groups is 1. The number of nitriles is 1. The predicted molar refractivity (Wildman–Crippen MR) is 97.3 cm³/mol. The van der Waals surface area contributed by atoms with Crippen molar-refractivity contribution in [3.8, 4) is 23.1 Å². The topological polar surface area (TPSA) is 75.0 Å². The van der Waals surface area contributed by atoms with Crippen molar-refractivity contribution in [3.05, 3.63) is 65.0 Å². The van der Waals surface area contributed by atoms with E-state index in [4.69, 9.17) is 10.00 Å². The minimum absolute atomic E-state index is 0.295. The number of para-hydroxylation sites is 1. The van der Waals surface area contributed by atoms with Crippen LogP contribution in [0.3, 0.4) is 0 Å². The molecule has 0 fully saturated rings. The first-order chi connectivity index (χ1) is 13.0. The summed E-state index contributed by atoms with van der Waals surface area (Å²) >= 11 is 1.15. The Morgan fingerprint density at radius 2 is 2.04 bits per heavy atom. The fourth-order valence-electron chi connectivity index (χ4n) is 2.23. The number of rotatable bonds is 5. The number of anilines is 1. The Morgan fingerprint density at radius 3 is 2.78 bits per heavy atom. The van der Waals surface area contributed by atoms with E-state index in [9.17, 15) is 13.6 Å². The molecule has 0 bridgehead atoms. The number of benzene rings is 2. The van der Waals surface area contributed by atoms with Crippen molar-refractivity contribution in [1.82, 2.24) is 4.98 Å². The van der Waals surface area contributed by atoms with E-state index in [2.05, 4.69) is 10.3 Å². The lowest BCUT2D eigenvalue weighted by Gasteiger charge is -2.14. The van der Waals surface area contributed by atoms with Crippen molar-refractivity contribution in [1.29, 1.82) is 5.26 Å². The fourth-order valence-corrected chi connectivity index (χ4v) is 2.95. The van der Waals surface area contributed by atoms with E-state index in [1.54, 1.807) is 36.6 Å². The molecule has 136 valence electrons. The van der Waals surface area contributed by atoms with Crippen LogP contribution in [0.4, 0.5) is 13.9 Å². The van der Waals surface area contributed by atoms with Gasteiger partial charge >= 0.3 is 0 Å². The average molecular weight is 385 g/mol. The number of nitrogens with zero attached hydrogens (tertiary/aromatic N) is 2. The van der Waals surface area contributed by atoms with Crippen LogP contribution in [0.15, 0.2) is 47.8 Å². The Bertz CT molecular complexity index is 1030. The molecular weight excluding hydrogens is 372 g/mol. The van der Waals surface area contributed by atoms with Crippen LogP contribution in [0, 0.1) is 23.0 Å². The number of hydrogen-bond donors (Lipinski definition) is 1. The molecule has 0 spiro atoms. The molecule has 3 rings (SSSR count). The molecule has 0 saturated carbocycles. The molecule has 2 aromatic carbocycles. The van der Waals surface area contributed by atoms with Crippen molar-refractivity contribution in [2.75, 3.05) is 5.32 Å². The van der Waals surface area contributed by atoms with Gasteiger partial charge in [-0.1, -0.05) is 12.1 Å². The number of carbonyl (C=O) groups excluding carboxylic acids is 1. The van der Waals surface area contributed by atoms with Crippen LogP contribution in [0.2, 0.25) is 0 Å². The lowest BCUT2D eigenvalue weighted by molar-refractivity contribution is -0.122. The quantitative estimate of drug-likeness (QED) is 0.708. The van der Waals surface area contributed by atoms with E-state index in [1.165, 1.54) is 6.07 Å². The van der Waals surface area contributed by atoms with Crippen molar-refractivity contribution in [2.24, 2.45) is 0 Å². The Kier molecular flexibility index (Phi) is 5.43. The molecule has 5 nitrogen and oxygen atoms in total. The van der Waals surface area contributed by atoms with Gasteiger partial charge in [0.15, 0.2) is 22.9 Å². The van der Waals surface area contributed by atoms with Gasteiger partial charge in [0.25, 0.3) is 5.91 Å². The summed E-state index contributed by atoms with van der Waals surface area (Å²) in [7, 11) is 0. The Labute approximate surface area is 157 Å². The van der Waals surface area contributed by atoms with Gasteiger partial charge in [0.05, 0.1) is 11.3 Å². The van der Waals surface area contributed by atoms with Crippen molar-refractivity contribution >= 4 is 22.4 Å². The maximum absolute atomic E-state index is 13.3. The molecule has 1 atom stereocenters. The minimum Gasteiger partial charge on any atom is -0.480 e. The second-order valence-corrected chi connectivity index (χ2v) is 6.38. The zero-order valence-corrected chi connectivity index (χ0v) is 14.9. The summed E-state index contributed by atoms with van der Waals surface area (Å²) in [5, 5.41) is 13.6. The monoisotopic (exact) mass is 385 g/mol. The summed E-state index contributed by atoms with van der Waals surface area (Å²) in [6.07, 6.45) is -0.866. The maximum atomic E-state index is 13.3. The summed E-state index contributed by atoms with van der Waals surface area (Å²) < 4.78 is 31.9. The van der Waals surface area contributed by atoms with Crippen LogP contribution in [-0.2, 0) is 4.79 Å². The first-order valence-electron chi connectivity index (χ1n) is 7.85. The number of amides is 1. The second-order valence-electron chi connectivity index (χ2n) is 5.52. The molecule has 1 heterocycles. The van der Waals surface area contributed by atoms with E-state index in [1.807, 2.05) is 6.07 Å². The molecule has 0 saturated heterocycles.